The molecule has 0 aliphatic heterocycles. The van der Waals surface area contributed by atoms with Gasteiger partial charge in [0.05, 0.1) is 5.69 Å². The lowest BCUT2D eigenvalue weighted by atomic mass is 10.1. The molecule has 2 aromatic heterocycles. The molecule has 0 atom stereocenters. The van der Waals surface area contributed by atoms with Crippen LogP contribution in [0, 0.1) is 13.8 Å². The zero-order chi connectivity index (χ0) is 12.5. The number of hydrogen-bond acceptors (Lipinski definition) is 1. The van der Waals surface area contributed by atoms with E-state index >= 15 is 0 Å². The van der Waals surface area contributed by atoms with Gasteiger partial charge in [-0.3, -0.25) is 0 Å². The molecule has 3 aromatic rings. The second-order valence-corrected chi connectivity index (χ2v) is 4.82. The molecule has 0 amide bonds. The van der Waals surface area contributed by atoms with E-state index in [0.29, 0.717) is 0 Å². The third-order valence-electron chi connectivity index (χ3n) is 3.23. The molecule has 90 valence electrons. The molecule has 2 heteroatoms. The summed E-state index contributed by atoms with van der Waals surface area (Å²) in [6, 6.07) is 12.8. The van der Waals surface area contributed by atoms with Gasteiger partial charge in [0.1, 0.15) is 5.65 Å². The van der Waals surface area contributed by atoms with Crippen molar-refractivity contribution in [1.29, 1.82) is 0 Å². The average Bonchev–Trinajstić information content (AvgIpc) is 2.76. The zero-order valence-corrected chi connectivity index (χ0v) is 10.7. The van der Waals surface area contributed by atoms with Gasteiger partial charge in [-0.2, -0.15) is 0 Å². The van der Waals surface area contributed by atoms with Crippen molar-refractivity contribution in [3.63, 3.8) is 0 Å². The van der Waals surface area contributed by atoms with Gasteiger partial charge in [0.15, 0.2) is 0 Å². The molecule has 18 heavy (non-hydrogen) atoms. The SMILES string of the molecule is Cc1ccc(Cc2cn3cccc(C)c3n2)cc1. The fourth-order valence-corrected chi connectivity index (χ4v) is 2.20. The molecule has 0 fully saturated rings. The van der Waals surface area contributed by atoms with Gasteiger partial charge in [-0.15, -0.1) is 0 Å². The van der Waals surface area contributed by atoms with Crippen molar-refractivity contribution in [1.82, 2.24) is 9.38 Å². The molecule has 2 nitrogen and oxygen atoms in total. The van der Waals surface area contributed by atoms with Crippen molar-refractivity contribution >= 4 is 5.65 Å². The largest absolute Gasteiger partial charge is 0.307 e. The summed E-state index contributed by atoms with van der Waals surface area (Å²) >= 11 is 0. The fraction of sp³-hybridized carbons (Fsp3) is 0.188. The van der Waals surface area contributed by atoms with Crippen LogP contribution in [0.25, 0.3) is 5.65 Å². The molecule has 0 aliphatic rings. The number of imidazole rings is 1. The van der Waals surface area contributed by atoms with Crippen LogP contribution in [0.15, 0.2) is 48.8 Å². The molecule has 0 spiro atoms. The Kier molecular flexibility index (Phi) is 2.63. The summed E-state index contributed by atoms with van der Waals surface area (Å²) in [4.78, 5) is 4.69. The van der Waals surface area contributed by atoms with Crippen LogP contribution in [0.4, 0.5) is 0 Å². The van der Waals surface area contributed by atoms with Crippen LogP contribution in [0.3, 0.4) is 0 Å². The number of fused-ring (bicyclic) bond motifs is 1. The molecule has 0 aliphatic carbocycles. The Morgan fingerprint density at radius 1 is 1.06 bits per heavy atom. The third kappa shape index (κ3) is 2.02. The summed E-state index contributed by atoms with van der Waals surface area (Å²) in [5, 5.41) is 0. The van der Waals surface area contributed by atoms with Crippen LogP contribution in [-0.4, -0.2) is 9.38 Å². The molecule has 3 rings (SSSR count). The number of aryl methyl sites for hydroxylation is 2. The number of nitrogens with zero attached hydrogens (tertiary/aromatic N) is 2. The summed E-state index contributed by atoms with van der Waals surface area (Å²) < 4.78 is 2.10. The van der Waals surface area contributed by atoms with Gasteiger partial charge < -0.3 is 4.40 Å². The van der Waals surface area contributed by atoms with E-state index in [2.05, 4.69) is 60.8 Å². The monoisotopic (exact) mass is 236 g/mol. The highest BCUT2D eigenvalue weighted by atomic mass is 15.0. The minimum atomic E-state index is 0.890. The number of aromatic nitrogens is 2. The van der Waals surface area contributed by atoms with Gasteiger partial charge in [-0.1, -0.05) is 35.9 Å². The van der Waals surface area contributed by atoms with Crippen molar-refractivity contribution in [2.75, 3.05) is 0 Å². The van der Waals surface area contributed by atoms with E-state index in [1.165, 1.54) is 16.7 Å². The molecular formula is C16H16N2. The van der Waals surface area contributed by atoms with Crippen LogP contribution < -0.4 is 0 Å². The van der Waals surface area contributed by atoms with Crippen LogP contribution in [0.1, 0.15) is 22.4 Å². The summed E-state index contributed by atoms with van der Waals surface area (Å²) in [5.41, 5.74) is 5.99. The van der Waals surface area contributed by atoms with E-state index in [9.17, 15) is 0 Å². The Morgan fingerprint density at radius 2 is 1.83 bits per heavy atom. The van der Waals surface area contributed by atoms with Crippen molar-refractivity contribution in [2.24, 2.45) is 0 Å². The quantitative estimate of drug-likeness (QED) is 0.665. The lowest BCUT2D eigenvalue weighted by molar-refractivity contribution is 1.11. The number of benzene rings is 1. The average molecular weight is 236 g/mol. The van der Waals surface area contributed by atoms with Crippen molar-refractivity contribution in [3.8, 4) is 0 Å². The van der Waals surface area contributed by atoms with Gasteiger partial charge in [0, 0.05) is 18.8 Å². The van der Waals surface area contributed by atoms with E-state index in [0.717, 1.165) is 17.8 Å². The maximum absolute atomic E-state index is 4.69. The van der Waals surface area contributed by atoms with Crippen molar-refractivity contribution < 1.29 is 0 Å². The molecule has 0 radical (unpaired) electrons. The molecule has 0 N–H and O–H groups in total. The second-order valence-electron chi connectivity index (χ2n) is 4.82. The van der Waals surface area contributed by atoms with Crippen LogP contribution in [-0.2, 0) is 6.42 Å². The predicted octanol–water partition coefficient (Wildman–Crippen LogP) is 3.54. The van der Waals surface area contributed by atoms with Crippen LogP contribution in [0.2, 0.25) is 0 Å². The Balaban J connectivity index is 1.95. The number of pyridine rings is 1. The molecular weight excluding hydrogens is 220 g/mol. The fourth-order valence-electron chi connectivity index (χ4n) is 2.20. The topological polar surface area (TPSA) is 17.3 Å². The first kappa shape index (κ1) is 11.0. The van der Waals surface area contributed by atoms with Gasteiger partial charge in [-0.25, -0.2) is 4.98 Å². The third-order valence-corrected chi connectivity index (χ3v) is 3.23. The van der Waals surface area contributed by atoms with Crippen molar-refractivity contribution in [3.05, 3.63) is 71.2 Å². The standard InChI is InChI=1S/C16H16N2/c1-12-5-7-14(8-6-12)10-15-11-18-9-3-4-13(2)16(18)17-15/h3-9,11H,10H2,1-2H3. The van der Waals surface area contributed by atoms with Gasteiger partial charge >= 0.3 is 0 Å². The summed E-state index contributed by atoms with van der Waals surface area (Å²) in [6.45, 7) is 4.20. The lowest BCUT2D eigenvalue weighted by Crippen LogP contribution is -1.88. The Labute approximate surface area is 107 Å². The minimum Gasteiger partial charge on any atom is -0.307 e. The van der Waals surface area contributed by atoms with Crippen LogP contribution >= 0.6 is 0 Å². The Hall–Kier alpha value is -2.09. The summed E-state index contributed by atoms with van der Waals surface area (Å²) in [7, 11) is 0. The predicted molar refractivity (Wildman–Crippen MR) is 73.9 cm³/mol. The molecule has 0 saturated carbocycles. The van der Waals surface area contributed by atoms with E-state index in [4.69, 9.17) is 4.98 Å². The second kappa shape index (κ2) is 4.30. The molecule has 1 aromatic carbocycles. The molecule has 2 heterocycles. The maximum atomic E-state index is 4.69. The first-order valence-electron chi connectivity index (χ1n) is 6.21. The molecule has 0 bridgehead atoms. The number of hydrogen-bond donors (Lipinski definition) is 0. The number of rotatable bonds is 2. The summed E-state index contributed by atoms with van der Waals surface area (Å²) in [5.74, 6) is 0. The first-order chi connectivity index (χ1) is 8.72. The highest BCUT2D eigenvalue weighted by molar-refractivity contribution is 5.48. The smallest absolute Gasteiger partial charge is 0.139 e. The Morgan fingerprint density at radius 3 is 2.56 bits per heavy atom. The van der Waals surface area contributed by atoms with Crippen LogP contribution in [0.5, 0.6) is 0 Å². The first-order valence-corrected chi connectivity index (χ1v) is 6.21. The Bertz CT molecular complexity index is 678. The molecule has 0 saturated heterocycles. The maximum Gasteiger partial charge on any atom is 0.139 e. The van der Waals surface area contributed by atoms with E-state index in [1.807, 2.05) is 6.20 Å². The van der Waals surface area contributed by atoms with E-state index in [-0.39, 0.29) is 0 Å². The van der Waals surface area contributed by atoms with Gasteiger partial charge in [0.25, 0.3) is 0 Å². The highest BCUT2D eigenvalue weighted by Gasteiger charge is 2.04. The van der Waals surface area contributed by atoms with Gasteiger partial charge in [0.2, 0.25) is 0 Å². The molecule has 0 unspecified atom stereocenters. The van der Waals surface area contributed by atoms with Gasteiger partial charge in [-0.05, 0) is 31.0 Å². The van der Waals surface area contributed by atoms with E-state index in [1.54, 1.807) is 0 Å². The lowest BCUT2D eigenvalue weighted by Gasteiger charge is -1.98. The van der Waals surface area contributed by atoms with Crippen molar-refractivity contribution in [2.45, 2.75) is 20.3 Å². The van der Waals surface area contributed by atoms with E-state index < -0.39 is 0 Å². The zero-order valence-electron chi connectivity index (χ0n) is 10.7. The highest BCUT2D eigenvalue weighted by Crippen LogP contribution is 2.13. The normalized spacial score (nSPS) is 11.0. The minimum absolute atomic E-state index is 0.890. The summed E-state index contributed by atoms with van der Waals surface area (Å²) in [6.07, 6.45) is 5.05.